The van der Waals surface area contributed by atoms with Gasteiger partial charge in [-0.05, 0) is 33.5 Å². The first-order valence-corrected chi connectivity index (χ1v) is 4.90. The van der Waals surface area contributed by atoms with Crippen LogP contribution in [0.1, 0.15) is 4.88 Å². The van der Waals surface area contributed by atoms with Crippen LogP contribution < -0.4 is 0 Å². The van der Waals surface area contributed by atoms with Gasteiger partial charge in [-0.15, -0.1) is 11.3 Å². The number of halogens is 1. The number of carboxylic acid groups (broad SMARTS) is 1. The zero-order valence-corrected chi connectivity index (χ0v) is 8.72. The van der Waals surface area contributed by atoms with Crippen LogP contribution in [0.25, 0.3) is 6.08 Å². The Morgan fingerprint density at radius 2 is 2.46 bits per heavy atom. The molecule has 0 fully saturated rings. The van der Waals surface area contributed by atoms with Gasteiger partial charge in [0.2, 0.25) is 0 Å². The fourth-order valence-electron chi connectivity index (χ4n) is 0.681. The van der Waals surface area contributed by atoms with E-state index in [1.807, 2.05) is 5.38 Å². The number of aliphatic carboxylic acids is 1. The summed E-state index contributed by atoms with van der Waals surface area (Å²) in [7, 11) is 0. The molecule has 1 heterocycles. The number of hydrogen-bond donors (Lipinski definition) is 1. The highest BCUT2D eigenvalue weighted by Gasteiger charge is 2.07. The van der Waals surface area contributed by atoms with E-state index in [0.29, 0.717) is 0 Å². The number of thiophene rings is 1. The van der Waals surface area contributed by atoms with Crippen molar-refractivity contribution in [2.24, 2.45) is 0 Å². The summed E-state index contributed by atoms with van der Waals surface area (Å²) >= 11 is 4.61. The maximum Gasteiger partial charge on any atom is 0.346 e. The van der Waals surface area contributed by atoms with Crippen molar-refractivity contribution < 1.29 is 9.90 Å². The summed E-state index contributed by atoms with van der Waals surface area (Å²) in [6.45, 7) is 0. The molecule has 1 aromatic heterocycles. The van der Waals surface area contributed by atoms with E-state index in [1.54, 1.807) is 12.1 Å². The number of hydrogen-bond acceptors (Lipinski definition) is 3. The van der Waals surface area contributed by atoms with Crippen molar-refractivity contribution in [2.45, 2.75) is 0 Å². The molecule has 1 aromatic rings. The van der Waals surface area contributed by atoms with Crippen LogP contribution in [-0.2, 0) is 4.79 Å². The minimum atomic E-state index is -1.21. The molecule has 13 heavy (non-hydrogen) atoms. The monoisotopic (exact) mass is 257 g/mol. The van der Waals surface area contributed by atoms with Gasteiger partial charge in [-0.2, -0.15) is 5.26 Å². The molecule has 0 radical (unpaired) electrons. The van der Waals surface area contributed by atoms with Crippen molar-refractivity contribution >= 4 is 39.3 Å². The second-order valence-electron chi connectivity index (χ2n) is 2.11. The van der Waals surface area contributed by atoms with Gasteiger partial charge < -0.3 is 5.11 Å². The molecule has 0 saturated carbocycles. The fourth-order valence-corrected chi connectivity index (χ4v) is 2.10. The third kappa shape index (κ3) is 2.41. The van der Waals surface area contributed by atoms with Crippen LogP contribution in [-0.4, -0.2) is 11.1 Å². The largest absolute Gasteiger partial charge is 0.477 e. The highest BCUT2D eigenvalue weighted by molar-refractivity contribution is 9.10. The lowest BCUT2D eigenvalue weighted by molar-refractivity contribution is -0.132. The van der Waals surface area contributed by atoms with Gasteiger partial charge in [0.05, 0.1) is 0 Å². The van der Waals surface area contributed by atoms with Crippen molar-refractivity contribution in [3.05, 3.63) is 26.4 Å². The maximum atomic E-state index is 10.5. The summed E-state index contributed by atoms with van der Waals surface area (Å²) in [6, 6.07) is 3.41. The van der Waals surface area contributed by atoms with Crippen LogP contribution in [0.3, 0.4) is 0 Å². The van der Waals surface area contributed by atoms with Gasteiger partial charge in [0.25, 0.3) is 0 Å². The third-order valence-corrected chi connectivity index (χ3v) is 3.09. The summed E-state index contributed by atoms with van der Waals surface area (Å²) < 4.78 is 0.798. The topological polar surface area (TPSA) is 61.1 Å². The normalized spacial score (nSPS) is 10.9. The Morgan fingerprint density at radius 1 is 1.77 bits per heavy atom. The lowest BCUT2D eigenvalue weighted by atomic mass is 10.2. The maximum absolute atomic E-state index is 10.5. The average molecular weight is 258 g/mol. The molecular weight excluding hydrogens is 254 g/mol. The molecule has 66 valence electrons. The first-order chi connectivity index (χ1) is 6.15. The Bertz CT molecular complexity index is 403. The Hall–Kier alpha value is -1.12. The van der Waals surface area contributed by atoms with Crippen LogP contribution in [0, 0.1) is 11.3 Å². The minimum Gasteiger partial charge on any atom is -0.477 e. The fraction of sp³-hybridized carbons (Fsp3) is 0. The molecule has 0 aliphatic rings. The molecule has 3 nitrogen and oxygen atoms in total. The van der Waals surface area contributed by atoms with Crippen LogP contribution in [0.5, 0.6) is 0 Å². The lowest BCUT2D eigenvalue weighted by Gasteiger charge is -1.89. The summed E-state index contributed by atoms with van der Waals surface area (Å²) in [6.07, 6.45) is 1.34. The van der Waals surface area contributed by atoms with Crippen molar-refractivity contribution in [2.75, 3.05) is 0 Å². The van der Waals surface area contributed by atoms with Crippen LogP contribution in [0.4, 0.5) is 0 Å². The number of carboxylic acids is 1. The lowest BCUT2D eigenvalue weighted by Crippen LogP contribution is -1.96. The molecule has 0 amide bonds. The molecule has 0 bridgehead atoms. The van der Waals surface area contributed by atoms with Gasteiger partial charge in [-0.3, -0.25) is 0 Å². The zero-order chi connectivity index (χ0) is 9.84. The van der Waals surface area contributed by atoms with Gasteiger partial charge in [-0.25, -0.2) is 4.79 Å². The zero-order valence-electron chi connectivity index (χ0n) is 6.32. The van der Waals surface area contributed by atoms with E-state index in [2.05, 4.69) is 15.9 Å². The summed E-state index contributed by atoms with van der Waals surface area (Å²) in [5, 5.41) is 18.9. The molecule has 0 aliphatic heterocycles. The van der Waals surface area contributed by atoms with Crippen molar-refractivity contribution in [3.63, 3.8) is 0 Å². The summed E-state index contributed by atoms with van der Waals surface area (Å²) in [4.78, 5) is 11.2. The Labute approximate surface area is 87.1 Å². The van der Waals surface area contributed by atoms with Gasteiger partial charge in [0.1, 0.15) is 11.6 Å². The van der Waals surface area contributed by atoms with Gasteiger partial charge in [0.15, 0.2) is 0 Å². The highest BCUT2D eigenvalue weighted by atomic mass is 79.9. The van der Waals surface area contributed by atoms with Gasteiger partial charge in [0, 0.05) is 9.35 Å². The summed E-state index contributed by atoms with van der Waals surface area (Å²) in [5.74, 6) is -1.21. The number of nitriles is 1. The molecule has 5 heteroatoms. The van der Waals surface area contributed by atoms with Gasteiger partial charge >= 0.3 is 5.97 Å². The van der Waals surface area contributed by atoms with E-state index in [0.717, 1.165) is 9.35 Å². The molecular formula is C8H4BrNO2S. The van der Waals surface area contributed by atoms with Gasteiger partial charge in [-0.1, -0.05) is 0 Å². The minimum absolute atomic E-state index is 0.261. The number of nitrogens with zero attached hydrogens (tertiary/aromatic N) is 1. The Kier molecular flexibility index (Phi) is 3.23. The van der Waals surface area contributed by atoms with Crippen LogP contribution >= 0.6 is 27.3 Å². The SMILES string of the molecule is N#C/C(=C\c1sccc1Br)C(=O)O. The van der Waals surface area contributed by atoms with E-state index in [4.69, 9.17) is 10.4 Å². The molecule has 0 spiro atoms. The quantitative estimate of drug-likeness (QED) is 0.654. The molecule has 0 atom stereocenters. The predicted molar refractivity (Wildman–Crippen MR) is 53.2 cm³/mol. The molecule has 0 saturated heterocycles. The molecule has 0 aromatic carbocycles. The number of rotatable bonds is 2. The van der Waals surface area contributed by atoms with E-state index < -0.39 is 5.97 Å². The first kappa shape index (κ1) is 9.96. The van der Waals surface area contributed by atoms with E-state index in [1.165, 1.54) is 17.4 Å². The van der Waals surface area contributed by atoms with E-state index in [-0.39, 0.29) is 5.57 Å². The molecule has 1 N–H and O–H groups in total. The first-order valence-electron chi connectivity index (χ1n) is 3.23. The second-order valence-corrected chi connectivity index (χ2v) is 3.91. The molecule has 0 unspecified atom stereocenters. The Balaban J connectivity index is 3.07. The van der Waals surface area contributed by atoms with E-state index >= 15 is 0 Å². The van der Waals surface area contributed by atoms with Crippen molar-refractivity contribution in [1.29, 1.82) is 5.26 Å². The summed E-state index contributed by atoms with van der Waals surface area (Å²) in [5.41, 5.74) is -0.261. The highest BCUT2D eigenvalue weighted by Crippen LogP contribution is 2.24. The number of carbonyl (C=O) groups is 1. The standard InChI is InChI=1S/C8H4BrNO2S/c9-6-1-2-13-7(6)3-5(4-10)8(11)12/h1-3H,(H,11,12)/b5-3+. The van der Waals surface area contributed by atoms with Crippen molar-refractivity contribution in [1.82, 2.24) is 0 Å². The van der Waals surface area contributed by atoms with Crippen LogP contribution in [0.15, 0.2) is 21.5 Å². The molecule has 1 rings (SSSR count). The van der Waals surface area contributed by atoms with E-state index in [9.17, 15) is 4.79 Å². The average Bonchev–Trinajstić information content (AvgIpc) is 2.46. The second kappa shape index (κ2) is 4.21. The smallest absolute Gasteiger partial charge is 0.346 e. The van der Waals surface area contributed by atoms with Crippen LogP contribution in [0.2, 0.25) is 0 Å². The molecule has 0 aliphatic carbocycles. The third-order valence-electron chi connectivity index (χ3n) is 1.27. The van der Waals surface area contributed by atoms with Crippen molar-refractivity contribution in [3.8, 4) is 6.07 Å². The predicted octanol–water partition coefficient (Wildman–Crippen LogP) is 2.50. The Morgan fingerprint density at radius 3 is 2.85 bits per heavy atom.